The van der Waals surface area contributed by atoms with E-state index in [1.807, 2.05) is 18.2 Å². The Morgan fingerprint density at radius 3 is 2.51 bits per heavy atom. The summed E-state index contributed by atoms with van der Waals surface area (Å²) >= 11 is 3.58. The van der Waals surface area contributed by atoms with Gasteiger partial charge >= 0.3 is 0 Å². The average Bonchev–Trinajstić information content (AvgIpc) is 3.66. The Hall–Kier alpha value is -3.28. The zero-order valence-corrected chi connectivity index (χ0v) is 26.4. The number of aryl methyl sites for hydroxylation is 1. The molecule has 0 spiro atoms. The topological polar surface area (TPSA) is 93.2 Å². The number of piperidine rings is 1. The van der Waals surface area contributed by atoms with Crippen LogP contribution in [0.5, 0.6) is 17.2 Å². The molecule has 4 aliphatic rings. The summed E-state index contributed by atoms with van der Waals surface area (Å²) in [7, 11) is 1.72. The second kappa shape index (κ2) is 12.4. The van der Waals surface area contributed by atoms with Crippen molar-refractivity contribution in [1.82, 2.24) is 14.9 Å². The highest BCUT2D eigenvalue weighted by Crippen LogP contribution is 2.39. The zero-order chi connectivity index (χ0) is 29.3. The normalized spacial score (nSPS) is 22.0. The van der Waals surface area contributed by atoms with Crippen molar-refractivity contribution in [3.05, 3.63) is 46.6 Å². The van der Waals surface area contributed by atoms with Gasteiger partial charge in [0.1, 0.15) is 24.8 Å². The standard InChI is InChI=1S/C32H39BrN6O4/c1-3-20-12-26(36-32-34-15-25(33)31(37-32)35-23-4-5-28-30(13-23)43-11-10-42-28)29(40-2)14-27(20)38-8-6-24(7-9-38)39-16-21-18-41-19-22(21)17-39/h4-5,12-15,21-22,24H,3,6-11,16-19H2,1-2H3,(H2,34,35,36,37)/t21-,22+. The van der Waals surface area contributed by atoms with E-state index in [0.29, 0.717) is 31.0 Å². The van der Waals surface area contributed by atoms with Crippen molar-refractivity contribution < 1.29 is 18.9 Å². The van der Waals surface area contributed by atoms with Crippen LogP contribution in [0.1, 0.15) is 25.3 Å². The van der Waals surface area contributed by atoms with Gasteiger partial charge in [-0.2, -0.15) is 4.98 Å². The summed E-state index contributed by atoms with van der Waals surface area (Å²) in [4.78, 5) is 14.5. The van der Waals surface area contributed by atoms with E-state index in [0.717, 1.165) is 77.7 Å². The van der Waals surface area contributed by atoms with Gasteiger partial charge in [0.25, 0.3) is 0 Å². The largest absolute Gasteiger partial charge is 0.494 e. The predicted molar refractivity (Wildman–Crippen MR) is 171 cm³/mol. The lowest BCUT2D eigenvalue weighted by atomic mass is 10.00. The molecule has 10 nitrogen and oxygen atoms in total. The summed E-state index contributed by atoms with van der Waals surface area (Å²) in [6.07, 6.45) is 5.04. The van der Waals surface area contributed by atoms with E-state index in [2.05, 4.69) is 60.4 Å². The van der Waals surface area contributed by atoms with Crippen LogP contribution in [0.25, 0.3) is 0 Å². The Morgan fingerprint density at radius 2 is 1.77 bits per heavy atom. The first-order valence-electron chi connectivity index (χ1n) is 15.3. The smallest absolute Gasteiger partial charge is 0.229 e. The van der Waals surface area contributed by atoms with E-state index >= 15 is 0 Å². The van der Waals surface area contributed by atoms with Gasteiger partial charge in [0.15, 0.2) is 11.5 Å². The van der Waals surface area contributed by atoms with Crippen molar-refractivity contribution in [2.75, 3.05) is 75.2 Å². The van der Waals surface area contributed by atoms with Gasteiger partial charge in [-0.1, -0.05) is 6.92 Å². The second-order valence-electron chi connectivity index (χ2n) is 11.8. The highest BCUT2D eigenvalue weighted by atomic mass is 79.9. The molecule has 5 heterocycles. The number of nitrogens with zero attached hydrogens (tertiary/aromatic N) is 4. The van der Waals surface area contributed by atoms with Crippen molar-refractivity contribution >= 4 is 44.8 Å². The molecular weight excluding hydrogens is 612 g/mol. The highest BCUT2D eigenvalue weighted by Gasteiger charge is 2.40. The molecule has 3 saturated heterocycles. The molecule has 0 aliphatic carbocycles. The quantitative estimate of drug-likeness (QED) is 0.320. The van der Waals surface area contributed by atoms with E-state index in [9.17, 15) is 0 Å². The molecule has 0 bridgehead atoms. The number of hydrogen-bond acceptors (Lipinski definition) is 10. The third kappa shape index (κ3) is 5.94. The van der Waals surface area contributed by atoms with E-state index in [4.69, 9.17) is 23.9 Å². The Balaban J connectivity index is 1.05. The van der Waals surface area contributed by atoms with Crippen molar-refractivity contribution in [3.63, 3.8) is 0 Å². The molecule has 0 amide bonds. The van der Waals surface area contributed by atoms with E-state index < -0.39 is 0 Å². The first-order valence-corrected chi connectivity index (χ1v) is 16.1. The maximum atomic E-state index is 5.88. The number of aromatic nitrogens is 2. The summed E-state index contributed by atoms with van der Waals surface area (Å²) in [5, 5.41) is 6.77. The van der Waals surface area contributed by atoms with Crippen LogP contribution in [0.4, 0.5) is 28.8 Å². The van der Waals surface area contributed by atoms with Crippen molar-refractivity contribution in [3.8, 4) is 17.2 Å². The van der Waals surface area contributed by atoms with Gasteiger partial charge in [-0.05, 0) is 59.0 Å². The van der Waals surface area contributed by atoms with Gasteiger partial charge in [-0.3, -0.25) is 4.90 Å². The fourth-order valence-corrected chi connectivity index (χ4v) is 7.14. The van der Waals surface area contributed by atoms with Gasteiger partial charge in [-0.15, -0.1) is 0 Å². The maximum Gasteiger partial charge on any atom is 0.229 e. The highest BCUT2D eigenvalue weighted by molar-refractivity contribution is 9.10. The molecule has 0 radical (unpaired) electrons. The number of nitrogens with one attached hydrogen (secondary N) is 2. The second-order valence-corrected chi connectivity index (χ2v) is 12.6. The molecule has 228 valence electrons. The number of rotatable bonds is 8. The number of hydrogen-bond donors (Lipinski definition) is 2. The Labute approximate surface area is 261 Å². The average molecular weight is 652 g/mol. The zero-order valence-electron chi connectivity index (χ0n) is 24.8. The lowest BCUT2D eigenvalue weighted by molar-refractivity contribution is 0.130. The van der Waals surface area contributed by atoms with Gasteiger partial charge < -0.3 is 34.5 Å². The summed E-state index contributed by atoms with van der Waals surface area (Å²) in [5.74, 6) is 4.82. The third-order valence-corrected chi connectivity index (χ3v) is 9.75. The molecule has 3 aromatic rings. The number of halogens is 1. The number of benzene rings is 2. The van der Waals surface area contributed by atoms with Crippen LogP contribution in [0, 0.1) is 11.8 Å². The fraction of sp³-hybridized carbons (Fsp3) is 0.500. The minimum atomic E-state index is 0.470. The molecule has 43 heavy (non-hydrogen) atoms. The summed E-state index contributed by atoms with van der Waals surface area (Å²) < 4.78 is 23.7. The van der Waals surface area contributed by atoms with Crippen molar-refractivity contribution in [2.24, 2.45) is 11.8 Å². The first kappa shape index (κ1) is 28.5. The molecule has 11 heteroatoms. The van der Waals surface area contributed by atoms with E-state index in [1.54, 1.807) is 13.3 Å². The van der Waals surface area contributed by atoms with Gasteiger partial charge in [-0.25, -0.2) is 4.98 Å². The first-order chi connectivity index (χ1) is 21.1. The van der Waals surface area contributed by atoms with Crippen LogP contribution in [-0.2, 0) is 11.2 Å². The van der Waals surface area contributed by atoms with E-state index in [1.165, 1.54) is 37.2 Å². The molecule has 7 rings (SSSR count). The molecule has 3 fully saturated rings. The van der Waals surface area contributed by atoms with Crippen LogP contribution < -0.4 is 29.7 Å². The lowest BCUT2D eigenvalue weighted by Crippen LogP contribution is -2.44. The van der Waals surface area contributed by atoms with Gasteiger partial charge in [0.2, 0.25) is 5.95 Å². The third-order valence-electron chi connectivity index (χ3n) is 9.17. The molecule has 0 unspecified atom stereocenters. The van der Waals surface area contributed by atoms with Crippen LogP contribution in [0.15, 0.2) is 41.0 Å². The Bertz CT molecular complexity index is 1450. The number of ether oxygens (including phenoxy) is 4. The minimum absolute atomic E-state index is 0.470. The van der Waals surface area contributed by atoms with Gasteiger partial charge in [0, 0.05) is 73.8 Å². The molecular formula is C32H39BrN6O4. The lowest BCUT2D eigenvalue weighted by Gasteiger charge is -2.39. The van der Waals surface area contributed by atoms with Crippen LogP contribution >= 0.6 is 15.9 Å². The van der Waals surface area contributed by atoms with Crippen LogP contribution in [-0.4, -0.2) is 80.6 Å². The maximum absolute atomic E-state index is 5.88. The Morgan fingerprint density at radius 1 is 1.00 bits per heavy atom. The molecule has 2 N–H and O–H groups in total. The molecule has 1 aromatic heterocycles. The molecule has 2 aromatic carbocycles. The molecule has 4 aliphatic heterocycles. The summed E-state index contributed by atoms with van der Waals surface area (Å²) in [5.41, 5.74) is 4.22. The monoisotopic (exact) mass is 650 g/mol. The number of fused-ring (bicyclic) bond motifs is 2. The SMILES string of the molecule is CCc1cc(Nc2ncc(Br)c(Nc3ccc4c(c3)OCCO4)n2)c(OC)cc1N1CCC(N2C[C@H]3COC[C@H]3C2)CC1. The van der Waals surface area contributed by atoms with Crippen molar-refractivity contribution in [2.45, 2.75) is 32.2 Å². The number of anilines is 5. The minimum Gasteiger partial charge on any atom is -0.494 e. The summed E-state index contributed by atoms with van der Waals surface area (Å²) in [6, 6.07) is 10.8. The molecule has 2 atom stereocenters. The Kier molecular flexibility index (Phi) is 8.20. The van der Waals surface area contributed by atoms with Crippen molar-refractivity contribution in [1.29, 1.82) is 0 Å². The molecule has 0 saturated carbocycles. The number of likely N-dealkylation sites (tertiary alicyclic amines) is 1. The van der Waals surface area contributed by atoms with E-state index in [-0.39, 0.29) is 0 Å². The van der Waals surface area contributed by atoms with Gasteiger partial charge in [0.05, 0.1) is 30.5 Å². The fourth-order valence-electron chi connectivity index (χ4n) is 6.84. The van der Waals surface area contributed by atoms with Crippen LogP contribution in [0.2, 0.25) is 0 Å². The predicted octanol–water partition coefficient (Wildman–Crippen LogP) is 5.62. The van der Waals surface area contributed by atoms with Crippen LogP contribution in [0.3, 0.4) is 0 Å². The number of methoxy groups -OCH3 is 1. The summed E-state index contributed by atoms with van der Waals surface area (Å²) in [6.45, 7) is 9.72.